The molecular weight excluding hydrogens is 354 g/mol. The topological polar surface area (TPSA) is 49.9 Å². The van der Waals surface area contributed by atoms with Crippen LogP contribution in [0.15, 0.2) is 18.2 Å². The molecule has 1 aromatic carbocycles. The first-order valence-corrected chi connectivity index (χ1v) is 9.55. The quantitative estimate of drug-likeness (QED) is 0.409. The Morgan fingerprint density at radius 3 is 2.22 bits per heavy atom. The predicted molar refractivity (Wildman–Crippen MR) is 101 cm³/mol. The van der Waals surface area contributed by atoms with Gasteiger partial charge in [-0.3, -0.25) is 9.59 Å². The molecule has 0 N–H and O–H groups in total. The standard InChI is InChI=1S/C20H30F2N2O3/c1-4-23(5-2)12-7-8-13-24(14-11-19(25)27-6-3)20(26)16-9-10-17(21)18(22)15-16/h9-10,15H,4-8,11-14H2,1-3H3. The van der Waals surface area contributed by atoms with Gasteiger partial charge in [-0.25, -0.2) is 8.78 Å². The highest BCUT2D eigenvalue weighted by Gasteiger charge is 2.18. The summed E-state index contributed by atoms with van der Waals surface area (Å²) in [4.78, 5) is 28.1. The number of carbonyl (C=O) groups is 2. The van der Waals surface area contributed by atoms with Gasteiger partial charge in [0.05, 0.1) is 13.0 Å². The van der Waals surface area contributed by atoms with E-state index in [1.54, 1.807) is 6.92 Å². The lowest BCUT2D eigenvalue weighted by Gasteiger charge is -2.24. The molecule has 1 amide bonds. The van der Waals surface area contributed by atoms with E-state index in [1.807, 2.05) is 0 Å². The molecule has 0 aliphatic heterocycles. The first kappa shape index (κ1) is 23.0. The second kappa shape index (κ2) is 12.4. The fourth-order valence-corrected chi connectivity index (χ4v) is 2.76. The highest BCUT2D eigenvalue weighted by atomic mass is 19.2. The van der Waals surface area contributed by atoms with Gasteiger partial charge in [0.15, 0.2) is 11.6 Å². The lowest BCUT2D eigenvalue weighted by molar-refractivity contribution is -0.143. The number of unbranched alkanes of at least 4 members (excludes halogenated alkanes) is 1. The lowest BCUT2D eigenvalue weighted by Crippen LogP contribution is -2.35. The summed E-state index contributed by atoms with van der Waals surface area (Å²) in [6, 6.07) is 3.09. The fraction of sp³-hybridized carbons (Fsp3) is 0.600. The molecule has 0 aliphatic rings. The van der Waals surface area contributed by atoms with Gasteiger partial charge in [-0.15, -0.1) is 0 Å². The van der Waals surface area contributed by atoms with Crippen LogP contribution >= 0.6 is 0 Å². The van der Waals surface area contributed by atoms with Crippen molar-refractivity contribution >= 4 is 11.9 Å². The van der Waals surface area contributed by atoms with Crippen molar-refractivity contribution in [1.82, 2.24) is 9.80 Å². The largest absolute Gasteiger partial charge is 0.466 e. The zero-order chi connectivity index (χ0) is 20.2. The molecule has 0 aliphatic carbocycles. The second-order valence-corrected chi connectivity index (χ2v) is 6.21. The van der Waals surface area contributed by atoms with Gasteiger partial charge in [0.1, 0.15) is 0 Å². The van der Waals surface area contributed by atoms with Crippen molar-refractivity contribution < 1.29 is 23.1 Å². The Kier molecular flexibility index (Phi) is 10.6. The minimum atomic E-state index is -1.06. The monoisotopic (exact) mass is 384 g/mol. The Morgan fingerprint density at radius 2 is 1.63 bits per heavy atom. The number of hydrogen-bond donors (Lipinski definition) is 0. The molecule has 0 radical (unpaired) electrons. The number of hydrogen-bond acceptors (Lipinski definition) is 4. The van der Waals surface area contributed by atoms with Gasteiger partial charge in [-0.2, -0.15) is 0 Å². The smallest absolute Gasteiger partial charge is 0.307 e. The van der Waals surface area contributed by atoms with E-state index >= 15 is 0 Å². The molecule has 0 heterocycles. The summed E-state index contributed by atoms with van der Waals surface area (Å²) in [5.41, 5.74) is 0.0708. The number of amides is 1. The third-order valence-corrected chi connectivity index (χ3v) is 4.39. The summed E-state index contributed by atoms with van der Waals surface area (Å²) < 4.78 is 31.5. The first-order valence-electron chi connectivity index (χ1n) is 9.55. The minimum Gasteiger partial charge on any atom is -0.466 e. The van der Waals surface area contributed by atoms with Crippen LogP contribution in [0.4, 0.5) is 8.78 Å². The molecule has 0 saturated carbocycles. The Labute approximate surface area is 160 Å². The van der Waals surface area contributed by atoms with E-state index < -0.39 is 17.5 Å². The number of esters is 1. The average molecular weight is 384 g/mol. The van der Waals surface area contributed by atoms with Crippen molar-refractivity contribution in [3.05, 3.63) is 35.4 Å². The molecule has 1 rings (SSSR count). The van der Waals surface area contributed by atoms with E-state index in [0.29, 0.717) is 6.54 Å². The molecule has 0 saturated heterocycles. The van der Waals surface area contributed by atoms with Crippen LogP contribution < -0.4 is 0 Å². The third kappa shape index (κ3) is 8.03. The summed E-state index contributed by atoms with van der Waals surface area (Å²) in [6.07, 6.45) is 1.73. The van der Waals surface area contributed by atoms with Crippen LogP contribution in [0.25, 0.3) is 0 Å². The molecule has 5 nitrogen and oxygen atoms in total. The maximum atomic E-state index is 13.5. The maximum absolute atomic E-state index is 13.5. The molecule has 0 aromatic heterocycles. The van der Waals surface area contributed by atoms with Crippen molar-refractivity contribution in [2.45, 2.75) is 40.0 Å². The molecule has 0 bridgehead atoms. The average Bonchev–Trinajstić information content (AvgIpc) is 2.66. The van der Waals surface area contributed by atoms with Crippen LogP contribution in [0.3, 0.4) is 0 Å². The normalized spacial score (nSPS) is 10.9. The highest BCUT2D eigenvalue weighted by molar-refractivity contribution is 5.94. The van der Waals surface area contributed by atoms with Gasteiger partial charge in [-0.1, -0.05) is 13.8 Å². The Bertz CT molecular complexity index is 607. The Morgan fingerprint density at radius 1 is 0.963 bits per heavy atom. The number of ether oxygens (including phenoxy) is 1. The van der Waals surface area contributed by atoms with Gasteiger partial charge in [0.25, 0.3) is 5.91 Å². The first-order chi connectivity index (χ1) is 12.9. The van der Waals surface area contributed by atoms with Crippen LogP contribution in [0.1, 0.15) is 50.4 Å². The highest BCUT2D eigenvalue weighted by Crippen LogP contribution is 2.12. The third-order valence-electron chi connectivity index (χ3n) is 4.39. The number of nitrogens with zero attached hydrogens (tertiary/aromatic N) is 2. The molecule has 27 heavy (non-hydrogen) atoms. The molecule has 7 heteroatoms. The summed E-state index contributed by atoms with van der Waals surface area (Å²) in [7, 11) is 0. The van der Waals surface area contributed by atoms with E-state index in [4.69, 9.17) is 4.74 Å². The van der Waals surface area contributed by atoms with Crippen molar-refractivity contribution in [2.24, 2.45) is 0 Å². The van der Waals surface area contributed by atoms with Gasteiger partial charge in [0, 0.05) is 18.7 Å². The van der Waals surface area contributed by atoms with Crippen LogP contribution in [0.5, 0.6) is 0 Å². The van der Waals surface area contributed by atoms with E-state index in [1.165, 1.54) is 11.0 Å². The van der Waals surface area contributed by atoms with Crippen LogP contribution in [-0.2, 0) is 9.53 Å². The van der Waals surface area contributed by atoms with Crippen LogP contribution in [-0.4, -0.2) is 61.0 Å². The molecule has 0 spiro atoms. The maximum Gasteiger partial charge on any atom is 0.307 e. The van der Waals surface area contributed by atoms with Crippen LogP contribution in [0.2, 0.25) is 0 Å². The molecular formula is C20H30F2N2O3. The van der Waals surface area contributed by atoms with Crippen molar-refractivity contribution in [3.8, 4) is 0 Å². The summed E-state index contributed by atoms with van der Waals surface area (Å²) in [5.74, 6) is -2.86. The summed E-state index contributed by atoms with van der Waals surface area (Å²) in [5, 5.41) is 0. The molecule has 0 unspecified atom stereocenters. The van der Waals surface area contributed by atoms with Gasteiger partial charge < -0.3 is 14.5 Å². The van der Waals surface area contributed by atoms with E-state index in [-0.39, 0.29) is 31.1 Å². The van der Waals surface area contributed by atoms with Crippen molar-refractivity contribution in [3.63, 3.8) is 0 Å². The molecule has 0 atom stereocenters. The zero-order valence-electron chi connectivity index (χ0n) is 16.5. The zero-order valence-corrected chi connectivity index (χ0v) is 16.5. The number of rotatable bonds is 12. The second-order valence-electron chi connectivity index (χ2n) is 6.21. The van der Waals surface area contributed by atoms with Gasteiger partial charge in [-0.05, 0) is 57.6 Å². The Hall–Kier alpha value is -2.02. The number of carbonyl (C=O) groups excluding carboxylic acids is 2. The number of halogens is 2. The Balaban J connectivity index is 2.72. The van der Waals surface area contributed by atoms with Gasteiger partial charge in [0.2, 0.25) is 0 Å². The van der Waals surface area contributed by atoms with Crippen molar-refractivity contribution in [1.29, 1.82) is 0 Å². The van der Waals surface area contributed by atoms with Crippen LogP contribution in [0, 0.1) is 11.6 Å². The van der Waals surface area contributed by atoms with E-state index in [2.05, 4.69) is 18.7 Å². The summed E-state index contributed by atoms with van der Waals surface area (Å²) >= 11 is 0. The van der Waals surface area contributed by atoms with E-state index in [0.717, 1.165) is 44.6 Å². The van der Waals surface area contributed by atoms with Crippen molar-refractivity contribution in [2.75, 3.05) is 39.3 Å². The molecule has 0 fully saturated rings. The predicted octanol–water partition coefficient (Wildman–Crippen LogP) is 3.48. The lowest BCUT2D eigenvalue weighted by atomic mass is 10.1. The fourth-order valence-electron chi connectivity index (χ4n) is 2.76. The van der Waals surface area contributed by atoms with Gasteiger partial charge >= 0.3 is 5.97 Å². The SMILES string of the molecule is CCOC(=O)CCN(CCCCN(CC)CC)C(=O)c1ccc(F)c(F)c1. The number of benzene rings is 1. The molecule has 1 aromatic rings. The summed E-state index contributed by atoms with van der Waals surface area (Å²) in [6.45, 7) is 9.69. The van der Waals surface area contributed by atoms with E-state index in [9.17, 15) is 18.4 Å². The molecule has 152 valence electrons. The minimum absolute atomic E-state index is 0.0688.